The van der Waals surface area contributed by atoms with E-state index in [0.29, 0.717) is 22.8 Å². The average molecular weight is 293 g/mol. The molecule has 0 spiro atoms. The van der Waals surface area contributed by atoms with Gasteiger partial charge in [-0.2, -0.15) is 5.10 Å². The van der Waals surface area contributed by atoms with Crippen LogP contribution in [0.25, 0.3) is 5.82 Å². The van der Waals surface area contributed by atoms with Gasteiger partial charge in [-0.3, -0.25) is 4.79 Å². The van der Waals surface area contributed by atoms with E-state index in [1.807, 2.05) is 31.2 Å². The van der Waals surface area contributed by atoms with Crippen LogP contribution in [0.1, 0.15) is 15.9 Å². The van der Waals surface area contributed by atoms with Crippen LogP contribution >= 0.6 is 0 Å². The third-order valence-electron chi connectivity index (χ3n) is 3.18. The lowest BCUT2D eigenvalue weighted by atomic mass is 10.1. The summed E-state index contributed by atoms with van der Waals surface area (Å²) in [6.45, 7) is 1.91. The van der Waals surface area contributed by atoms with E-state index in [1.54, 1.807) is 35.4 Å². The first-order chi connectivity index (χ1) is 10.6. The second-order valence-corrected chi connectivity index (χ2v) is 4.91. The van der Waals surface area contributed by atoms with E-state index in [-0.39, 0.29) is 5.91 Å². The fraction of sp³-hybridized carbons (Fsp3) is 0.0625. The Hall–Kier alpha value is -3.15. The summed E-state index contributed by atoms with van der Waals surface area (Å²) in [5.74, 6) is 0.417. The van der Waals surface area contributed by atoms with Crippen LogP contribution < -0.4 is 11.1 Å². The van der Waals surface area contributed by atoms with E-state index in [1.165, 1.54) is 0 Å². The number of hydrogen-bond acceptors (Lipinski definition) is 4. The van der Waals surface area contributed by atoms with Crippen LogP contribution in [0.5, 0.6) is 0 Å². The van der Waals surface area contributed by atoms with Gasteiger partial charge >= 0.3 is 0 Å². The first-order valence-corrected chi connectivity index (χ1v) is 6.77. The Labute approximate surface area is 127 Å². The first kappa shape index (κ1) is 13.8. The van der Waals surface area contributed by atoms with Crippen molar-refractivity contribution in [2.45, 2.75) is 6.92 Å². The van der Waals surface area contributed by atoms with Crippen LogP contribution in [0.2, 0.25) is 0 Å². The first-order valence-electron chi connectivity index (χ1n) is 6.77. The van der Waals surface area contributed by atoms with Crippen molar-refractivity contribution in [2.75, 3.05) is 11.1 Å². The normalized spacial score (nSPS) is 10.4. The lowest BCUT2D eigenvalue weighted by Gasteiger charge is -2.06. The van der Waals surface area contributed by atoms with Crippen molar-refractivity contribution in [2.24, 2.45) is 0 Å². The molecule has 2 heterocycles. The number of benzene rings is 1. The fourth-order valence-corrected chi connectivity index (χ4v) is 2.07. The van der Waals surface area contributed by atoms with E-state index in [9.17, 15) is 4.79 Å². The zero-order valence-corrected chi connectivity index (χ0v) is 12.0. The summed E-state index contributed by atoms with van der Waals surface area (Å²) in [7, 11) is 0. The molecule has 1 aromatic carbocycles. The standard InChI is InChI=1S/C16H15N5O/c1-11-5-6-14(17)13(8-11)16(22)20-12-9-19-21(10-12)15-4-2-3-7-18-15/h2-10H,17H2,1H3,(H,20,22). The third kappa shape index (κ3) is 2.80. The number of carbonyl (C=O) groups excluding carboxylic acids is 1. The molecule has 3 aromatic rings. The summed E-state index contributed by atoms with van der Waals surface area (Å²) in [6.07, 6.45) is 4.95. The molecule has 1 amide bonds. The van der Waals surface area contributed by atoms with Crippen molar-refractivity contribution in [3.05, 3.63) is 66.1 Å². The summed E-state index contributed by atoms with van der Waals surface area (Å²) in [5.41, 5.74) is 8.30. The Balaban J connectivity index is 1.81. The van der Waals surface area contributed by atoms with Gasteiger partial charge in [-0.05, 0) is 31.2 Å². The number of pyridine rings is 1. The van der Waals surface area contributed by atoms with Crippen molar-refractivity contribution in [1.82, 2.24) is 14.8 Å². The molecule has 0 aliphatic heterocycles. The minimum absolute atomic E-state index is 0.262. The maximum atomic E-state index is 12.3. The molecule has 0 radical (unpaired) electrons. The highest BCUT2D eigenvalue weighted by atomic mass is 16.1. The number of anilines is 2. The minimum atomic E-state index is -0.262. The lowest BCUT2D eigenvalue weighted by Crippen LogP contribution is -2.13. The molecular weight excluding hydrogens is 278 g/mol. The van der Waals surface area contributed by atoms with Crippen LogP contribution in [-0.4, -0.2) is 20.7 Å². The average Bonchev–Trinajstić information content (AvgIpc) is 2.99. The SMILES string of the molecule is Cc1ccc(N)c(C(=O)Nc2cnn(-c3ccccn3)c2)c1. The molecule has 3 rings (SSSR count). The molecule has 2 aromatic heterocycles. The highest BCUT2D eigenvalue weighted by Crippen LogP contribution is 2.16. The fourth-order valence-electron chi connectivity index (χ4n) is 2.07. The molecule has 22 heavy (non-hydrogen) atoms. The second-order valence-electron chi connectivity index (χ2n) is 4.91. The number of rotatable bonds is 3. The Kier molecular flexibility index (Phi) is 3.57. The van der Waals surface area contributed by atoms with Crippen molar-refractivity contribution < 1.29 is 4.79 Å². The number of amides is 1. The predicted molar refractivity (Wildman–Crippen MR) is 84.9 cm³/mol. The van der Waals surface area contributed by atoms with Crippen LogP contribution in [0.15, 0.2) is 55.0 Å². The summed E-state index contributed by atoms with van der Waals surface area (Å²) in [5, 5.41) is 6.97. The van der Waals surface area contributed by atoms with Gasteiger partial charge in [0.05, 0.1) is 23.6 Å². The molecule has 0 aliphatic carbocycles. The molecule has 3 N–H and O–H groups in total. The van der Waals surface area contributed by atoms with E-state index in [0.717, 1.165) is 5.56 Å². The summed E-state index contributed by atoms with van der Waals surface area (Å²) < 4.78 is 1.59. The van der Waals surface area contributed by atoms with Gasteiger partial charge in [0, 0.05) is 11.9 Å². The highest BCUT2D eigenvalue weighted by molar-refractivity contribution is 6.07. The van der Waals surface area contributed by atoms with Gasteiger partial charge in [-0.15, -0.1) is 0 Å². The van der Waals surface area contributed by atoms with E-state index in [2.05, 4.69) is 15.4 Å². The Morgan fingerprint density at radius 3 is 2.91 bits per heavy atom. The molecule has 0 bridgehead atoms. The maximum absolute atomic E-state index is 12.3. The molecule has 6 nitrogen and oxygen atoms in total. The van der Waals surface area contributed by atoms with Gasteiger partial charge in [0.15, 0.2) is 5.82 Å². The molecule has 0 saturated heterocycles. The topological polar surface area (TPSA) is 85.8 Å². The second kappa shape index (κ2) is 5.69. The molecule has 0 atom stereocenters. The van der Waals surface area contributed by atoms with Crippen molar-refractivity contribution in [1.29, 1.82) is 0 Å². The Morgan fingerprint density at radius 2 is 2.14 bits per heavy atom. The molecule has 110 valence electrons. The van der Waals surface area contributed by atoms with Crippen molar-refractivity contribution in [3.8, 4) is 5.82 Å². The van der Waals surface area contributed by atoms with Gasteiger partial charge in [-0.1, -0.05) is 17.7 Å². The van der Waals surface area contributed by atoms with E-state index >= 15 is 0 Å². The van der Waals surface area contributed by atoms with Gasteiger partial charge < -0.3 is 11.1 Å². The molecule has 0 saturated carbocycles. The lowest BCUT2D eigenvalue weighted by molar-refractivity contribution is 0.102. The molecule has 0 unspecified atom stereocenters. The smallest absolute Gasteiger partial charge is 0.257 e. The number of aromatic nitrogens is 3. The largest absolute Gasteiger partial charge is 0.398 e. The molecule has 6 heteroatoms. The summed E-state index contributed by atoms with van der Waals surface area (Å²) in [6, 6.07) is 10.9. The van der Waals surface area contributed by atoms with E-state index in [4.69, 9.17) is 5.73 Å². The molecule has 0 aliphatic rings. The van der Waals surface area contributed by atoms with Gasteiger partial charge in [0.25, 0.3) is 5.91 Å². The van der Waals surface area contributed by atoms with Crippen LogP contribution in [0.4, 0.5) is 11.4 Å². The highest BCUT2D eigenvalue weighted by Gasteiger charge is 2.11. The number of nitrogens with two attached hydrogens (primary N) is 1. The quantitative estimate of drug-likeness (QED) is 0.726. The maximum Gasteiger partial charge on any atom is 0.257 e. The van der Waals surface area contributed by atoms with Crippen LogP contribution in [-0.2, 0) is 0 Å². The minimum Gasteiger partial charge on any atom is -0.398 e. The molecule has 0 fully saturated rings. The summed E-state index contributed by atoms with van der Waals surface area (Å²) >= 11 is 0. The van der Waals surface area contributed by atoms with Crippen LogP contribution in [0, 0.1) is 6.92 Å². The Bertz CT molecular complexity index is 810. The third-order valence-corrected chi connectivity index (χ3v) is 3.18. The molecular formula is C16H15N5O. The van der Waals surface area contributed by atoms with E-state index < -0.39 is 0 Å². The Morgan fingerprint density at radius 1 is 1.27 bits per heavy atom. The van der Waals surface area contributed by atoms with Crippen molar-refractivity contribution >= 4 is 17.3 Å². The number of nitrogen functional groups attached to an aromatic ring is 1. The van der Waals surface area contributed by atoms with Crippen LogP contribution in [0.3, 0.4) is 0 Å². The number of nitrogens with one attached hydrogen (secondary N) is 1. The monoisotopic (exact) mass is 293 g/mol. The number of hydrogen-bond donors (Lipinski definition) is 2. The zero-order valence-electron chi connectivity index (χ0n) is 12.0. The van der Waals surface area contributed by atoms with Gasteiger partial charge in [-0.25, -0.2) is 9.67 Å². The van der Waals surface area contributed by atoms with Gasteiger partial charge in [0.2, 0.25) is 0 Å². The number of nitrogens with zero attached hydrogens (tertiary/aromatic N) is 3. The predicted octanol–water partition coefficient (Wildman–Crippen LogP) is 2.41. The number of aryl methyl sites for hydroxylation is 1. The van der Waals surface area contributed by atoms with Crippen molar-refractivity contribution in [3.63, 3.8) is 0 Å². The van der Waals surface area contributed by atoms with Gasteiger partial charge in [0.1, 0.15) is 0 Å². The number of carbonyl (C=O) groups is 1. The summed E-state index contributed by atoms with van der Waals surface area (Å²) in [4.78, 5) is 16.5. The zero-order chi connectivity index (χ0) is 15.5.